The number of nitrogens with zero attached hydrogens (tertiary/aromatic N) is 2. The van der Waals surface area contributed by atoms with Gasteiger partial charge in [0.25, 0.3) is 0 Å². The Morgan fingerprint density at radius 1 is 1.33 bits per heavy atom. The van der Waals surface area contributed by atoms with Gasteiger partial charge in [0.2, 0.25) is 0 Å². The summed E-state index contributed by atoms with van der Waals surface area (Å²) in [6, 6.07) is 6.36. The molecule has 0 atom stereocenters. The molecule has 3 nitrogen and oxygen atoms in total. The van der Waals surface area contributed by atoms with Gasteiger partial charge in [0.1, 0.15) is 10.4 Å². The molecule has 1 aromatic carbocycles. The van der Waals surface area contributed by atoms with E-state index in [1.54, 1.807) is 0 Å². The van der Waals surface area contributed by atoms with Crippen molar-refractivity contribution in [2.45, 2.75) is 20.3 Å². The molecule has 0 radical (unpaired) electrons. The van der Waals surface area contributed by atoms with Gasteiger partial charge in [-0.05, 0) is 41.4 Å². The molecule has 4 heteroatoms. The number of aryl methyl sites for hydroxylation is 2. The second kappa shape index (κ2) is 5.24. The van der Waals surface area contributed by atoms with E-state index in [0.29, 0.717) is 6.42 Å². The molecule has 0 bridgehead atoms. The van der Waals surface area contributed by atoms with E-state index < -0.39 is 0 Å². The lowest BCUT2D eigenvalue weighted by Crippen LogP contribution is -1.95. The number of halogens is 1. The van der Waals surface area contributed by atoms with E-state index in [1.165, 1.54) is 11.1 Å². The standard InChI is InChI=1S/C14H17BrN2O/c1-9-4-5-10(2)11(8-9)14-16-12(6-7-18)13(15)17(14)3/h4-5,8,18H,6-7H2,1-3H3. The SMILES string of the molecule is Cc1ccc(C)c(-c2nc(CCO)c(Br)n2C)c1. The van der Waals surface area contributed by atoms with Crippen LogP contribution >= 0.6 is 15.9 Å². The number of aliphatic hydroxyl groups excluding tert-OH is 1. The molecule has 1 aromatic heterocycles. The van der Waals surface area contributed by atoms with Crippen LogP contribution in [0.2, 0.25) is 0 Å². The van der Waals surface area contributed by atoms with Crippen molar-refractivity contribution < 1.29 is 5.11 Å². The van der Waals surface area contributed by atoms with Crippen LogP contribution in [-0.2, 0) is 13.5 Å². The zero-order valence-corrected chi connectivity index (χ0v) is 12.5. The Morgan fingerprint density at radius 2 is 2.06 bits per heavy atom. The molecule has 0 aliphatic heterocycles. The minimum absolute atomic E-state index is 0.113. The predicted octanol–water partition coefficient (Wildman–Crippen LogP) is 3.00. The zero-order chi connectivity index (χ0) is 13.3. The average molecular weight is 309 g/mol. The molecule has 0 saturated carbocycles. The summed E-state index contributed by atoms with van der Waals surface area (Å²) in [6.07, 6.45) is 0.569. The maximum atomic E-state index is 9.04. The maximum Gasteiger partial charge on any atom is 0.141 e. The molecular formula is C14H17BrN2O. The van der Waals surface area contributed by atoms with Crippen LogP contribution < -0.4 is 0 Å². The highest BCUT2D eigenvalue weighted by atomic mass is 79.9. The Balaban J connectivity index is 2.57. The second-order valence-electron chi connectivity index (χ2n) is 4.52. The van der Waals surface area contributed by atoms with Gasteiger partial charge in [-0.25, -0.2) is 4.98 Å². The zero-order valence-electron chi connectivity index (χ0n) is 10.9. The second-order valence-corrected chi connectivity index (χ2v) is 5.28. The third kappa shape index (κ3) is 2.35. The van der Waals surface area contributed by atoms with Crippen LogP contribution in [0.3, 0.4) is 0 Å². The van der Waals surface area contributed by atoms with E-state index in [-0.39, 0.29) is 6.61 Å². The Morgan fingerprint density at radius 3 is 2.72 bits per heavy atom. The van der Waals surface area contributed by atoms with Gasteiger partial charge in [0.05, 0.1) is 5.69 Å². The first-order valence-corrected chi connectivity index (χ1v) is 6.73. The molecule has 1 heterocycles. The van der Waals surface area contributed by atoms with Gasteiger partial charge in [0, 0.05) is 25.6 Å². The normalized spacial score (nSPS) is 10.9. The van der Waals surface area contributed by atoms with E-state index >= 15 is 0 Å². The monoisotopic (exact) mass is 308 g/mol. The van der Waals surface area contributed by atoms with Crippen molar-refractivity contribution in [3.63, 3.8) is 0 Å². The van der Waals surface area contributed by atoms with Crippen LogP contribution in [0.25, 0.3) is 11.4 Å². The summed E-state index contributed by atoms with van der Waals surface area (Å²) in [5.41, 5.74) is 4.47. The first kappa shape index (κ1) is 13.3. The van der Waals surface area contributed by atoms with Gasteiger partial charge in [-0.15, -0.1) is 0 Å². The molecule has 0 aliphatic carbocycles. The lowest BCUT2D eigenvalue weighted by Gasteiger charge is -2.07. The number of hydrogen-bond acceptors (Lipinski definition) is 2. The molecule has 1 N–H and O–H groups in total. The molecule has 96 valence electrons. The minimum atomic E-state index is 0.113. The lowest BCUT2D eigenvalue weighted by molar-refractivity contribution is 0.298. The van der Waals surface area contributed by atoms with E-state index in [9.17, 15) is 0 Å². The smallest absolute Gasteiger partial charge is 0.141 e. The number of imidazole rings is 1. The minimum Gasteiger partial charge on any atom is -0.396 e. The molecule has 0 spiro atoms. The van der Waals surface area contributed by atoms with Crippen LogP contribution in [-0.4, -0.2) is 21.3 Å². The third-order valence-corrected chi connectivity index (χ3v) is 4.06. The van der Waals surface area contributed by atoms with Crippen molar-refractivity contribution in [1.29, 1.82) is 0 Å². The van der Waals surface area contributed by atoms with Crippen molar-refractivity contribution in [3.8, 4) is 11.4 Å². The van der Waals surface area contributed by atoms with Gasteiger partial charge in [-0.1, -0.05) is 17.7 Å². The maximum absolute atomic E-state index is 9.04. The summed E-state index contributed by atoms with van der Waals surface area (Å²) in [6.45, 7) is 4.28. The van der Waals surface area contributed by atoms with Crippen LogP contribution in [0.5, 0.6) is 0 Å². The molecule has 0 aliphatic rings. The van der Waals surface area contributed by atoms with Crippen molar-refractivity contribution in [2.24, 2.45) is 7.05 Å². The third-order valence-electron chi connectivity index (χ3n) is 3.07. The summed E-state index contributed by atoms with van der Waals surface area (Å²) < 4.78 is 2.96. The first-order valence-electron chi connectivity index (χ1n) is 5.94. The van der Waals surface area contributed by atoms with Crippen molar-refractivity contribution >= 4 is 15.9 Å². The van der Waals surface area contributed by atoms with Gasteiger partial charge in [0.15, 0.2) is 0 Å². The fourth-order valence-corrected chi connectivity index (χ4v) is 2.47. The molecule has 2 aromatic rings. The summed E-state index contributed by atoms with van der Waals surface area (Å²) in [4.78, 5) is 4.63. The molecule has 0 amide bonds. The fourth-order valence-electron chi connectivity index (χ4n) is 2.02. The Bertz CT molecular complexity index is 575. The van der Waals surface area contributed by atoms with Crippen LogP contribution in [0, 0.1) is 13.8 Å². The average Bonchev–Trinajstić information content (AvgIpc) is 2.61. The predicted molar refractivity (Wildman–Crippen MR) is 76.6 cm³/mol. The van der Waals surface area contributed by atoms with Crippen molar-refractivity contribution in [3.05, 3.63) is 39.6 Å². The van der Waals surface area contributed by atoms with E-state index in [4.69, 9.17) is 5.11 Å². The molecule has 0 unspecified atom stereocenters. The molecule has 18 heavy (non-hydrogen) atoms. The quantitative estimate of drug-likeness (QED) is 0.946. The Hall–Kier alpha value is -1.13. The lowest BCUT2D eigenvalue weighted by atomic mass is 10.1. The molecular weight excluding hydrogens is 292 g/mol. The van der Waals surface area contributed by atoms with E-state index in [2.05, 4.69) is 53.0 Å². The molecule has 0 saturated heterocycles. The largest absolute Gasteiger partial charge is 0.396 e. The summed E-state index contributed by atoms with van der Waals surface area (Å²) in [7, 11) is 1.98. The first-order chi connectivity index (χ1) is 8.54. The van der Waals surface area contributed by atoms with Crippen LogP contribution in [0.4, 0.5) is 0 Å². The van der Waals surface area contributed by atoms with E-state index in [0.717, 1.165) is 21.7 Å². The number of hydrogen-bond donors (Lipinski definition) is 1. The number of benzene rings is 1. The molecule has 0 fully saturated rings. The summed E-state index contributed by atoms with van der Waals surface area (Å²) in [5, 5.41) is 9.04. The Kier molecular flexibility index (Phi) is 3.88. The van der Waals surface area contributed by atoms with Gasteiger partial charge in [-0.3, -0.25) is 0 Å². The highest BCUT2D eigenvalue weighted by Gasteiger charge is 2.15. The summed E-state index contributed by atoms with van der Waals surface area (Å²) >= 11 is 3.53. The topological polar surface area (TPSA) is 38.1 Å². The van der Waals surface area contributed by atoms with Gasteiger partial charge in [-0.2, -0.15) is 0 Å². The van der Waals surface area contributed by atoms with Crippen molar-refractivity contribution in [1.82, 2.24) is 9.55 Å². The highest BCUT2D eigenvalue weighted by molar-refractivity contribution is 9.10. The molecule has 2 rings (SSSR count). The summed E-state index contributed by atoms with van der Waals surface area (Å²) in [5.74, 6) is 0.937. The van der Waals surface area contributed by atoms with Crippen LogP contribution in [0.1, 0.15) is 16.8 Å². The number of aromatic nitrogens is 2. The van der Waals surface area contributed by atoms with Crippen LogP contribution in [0.15, 0.2) is 22.8 Å². The van der Waals surface area contributed by atoms with Crippen molar-refractivity contribution in [2.75, 3.05) is 6.61 Å². The Labute approximate surface area is 116 Å². The highest BCUT2D eigenvalue weighted by Crippen LogP contribution is 2.28. The van der Waals surface area contributed by atoms with E-state index in [1.807, 2.05) is 11.6 Å². The number of aliphatic hydroxyl groups is 1. The fraction of sp³-hybridized carbons (Fsp3) is 0.357. The number of rotatable bonds is 3. The van der Waals surface area contributed by atoms with Gasteiger partial charge < -0.3 is 9.67 Å². The van der Waals surface area contributed by atoms with Gasteiger partial charge >= 0.3 is 0 Å².